The molecule has 13 amide bonds. The molecule has 4 atom stereocenters. The van der Waals surface area contributed by atoms with Crippen LogP contribution >= 0.6 is 0 Å². The third-order valence-electron chi connectivity index (χ3n) is 12.9. The van der Waals surface area contributed by atoms with Crippen molar-refractivity contribution in [3.05, 3.63) is 71.8 Å². The summed E-state index contributed by atoms with van der Waals surface area (Å²) >= 11 is 0. The summed E-state index contributed by atoms with van der Waals surface area (Å²) in [6, 6.07) is 8.04. The molecular formula is C55H83N15O14. The normalized spacial score (nSPS) is 13.3. The molecule has 3 rings (SSSR count). The predicted molar refractivity (Wildman–Crippen MR) is 308 cm³/mol. The molecule has 0 spiro atoms. The van der Waals surface area contributed by atoms with E-state index in [4.69, 9.17) is 32.4 Å². The first-order valence-electron chi connectivity index (χ1n) is 27.7. The lowest BCUT2D eigenvalue weighted by Crippen LogP contribution is -2.54. The van der Waals surface area contributed by atoms with E-state index in [0.717, 1.165) is 17.1 Å². The Bertz CT molecular complexity index is 2410. The molecule has 0 unspecified atom stereocenters. The molecular weight excluding hydrogens is 1090 g/mol. The van der Waals surface area contributed by atoms with E-state index in [9.17, 15) is 57.5 Å². The predicted octanol–water partition coefficient (Wildman–Crippen LogP) is -0.120. The van der Waals surface area contributed by atoms with Gasteiger partial charge in [0.2, 0.25) is 29.5 Å². The molecule has 2 aromatic carbocycles. The number of rotatable bonds is 38. The molecule has 1 heterocycles. The number of anilines is 2. The number of urea groups is 2. The summed E-state index contributed by atoms with van der Waals surface area (Å²) in [4.78, 5) is 157. The van der Waals surface area contributed by atoms with Crippen molar-refractivity contribution in [3.63, 3.8) is 0 Å². The Morgan fingerprint density at radius 3 is 1.45 bits per heavy atom. The monoisotopic (exact) mass is 1180 g/mol. The topological polar surface area (TPSA) is 442 Å². The maximum atomic E-state index is 14.0. The van der Waals surface area contributed by atoms with Gasteiger partial charge in [0.1, 0.15) is 25.3 Å². The van der Waals surface area contributed by atoms with Gasteiger partial charge < -0.3 is 85.2 Å². The quantitative estimate of drug-likeness (QED) is 0.0308. The van der Waals surface area contributed by atoms with Crippen molar-refractivity contribution in [1.82, 2.24) is 47.0 Å². The zero-order valence-electron chi connectivity index (χ0n) is 48.1. The fraction of sp³-hybridized carbons (Fsp3) is 0.527. The lowest BCUT2D eigenvalue weighted by atomic mass is 9.89. The van der Waals surface area contributed by atoms with Gasteiger partial charge in [0.15, 0.2) is 5.78 Å². The van der Waals surface area contributed by atoms with Crippen molar-refractivity contribution in [3.8, 4) is 0 Å². The first-order chi connectivity index (χ1) is 40.0. The molecule has 0 saturated carbocycles. The number of carbonyl (C=O) groups is 12. The molecule has 0 saturated heterocycles. The molecule has 1 aliphatic heterocycles. The first-order valence-corrected chi connectivity index (χ1v) is 27.7. The summed E-state index contributed by atoms with van der Waals surface area (Å²) < 4.78 is 10.3. The van der Waals surface area contributed by atoms with E-state index in [0.29, 0.717) is 22.5 Å². The van der Waals surface area contributed by atoms with Crippen LogP contribution in [0.3, 0.4) is 0 Å². The minimum atomic E-state index is -1.15. The molecule has 84 heavy (non-hydrogen) atoms. The lowest BCUT2D eigenvalue weighted by Gasteiger charge is -2.27. The number of imide groups is 1. The summed E-state index contributed by atoms with van der Waals surface area (Å²) in [6.07, 6.45) is 0.976. The number of nitrogens with zero attached hydrogens (tertiary/aromatic N) is 2. The van der Waals surface area contributed by atoms with Crippen molar-refractivity contribution in [2.24, 2.45) is 40.7 Å². The van der Waals surface area contributed by atoms with Crippen LogP contribution in [0.15, 0.2) is 60.7 Å². The van der Waals surface area contributed by atoms with Gasteiger partial charge in [-0.15, -0.1) is 0 Å². The van der Waals surface area contributed by atoms with Crippen molar-refractivity contribution in [1.29, 1.82) is 0 Å². The van der Waals surface area contributed by atoms with Gasteiger partial charge in [-0.3, -0.25) is 43.3 Å². The SMILES string of the molecule is CC(C)[C@H](NC(=O)CCN(CCC(=O)N[C@H](C(=O)N[C@@H](CCCNC(N)=O)C(=O)Nc1ccc(COC(=O)NCCN)cc1)C(C)C)CCN1C(=O)C=CC1=O)C(=O)C[C@@H](CCCNC(N)=O)C(=O)Nc1ccc(COC(=O)NCCN)cc1. The van der Waals surface area contributed by atoms with Gasteiger partial charge in [-0.2, -0.15) is 0 Å². The summed E-state index contributed by atoms with van der Waals surface area (Å²) in [5, 5.41) is 23.7. The minimum absolute atomic E-state index is 0.00947. The Kier molecular flexibility index (Phi) is 31.0. The van der Waals surface area contributed by atoms with E-state index >= 15 is 0 Å². The number of benzene rings is 2. The Morgan fingerprint density at radius 2 is 1.00 bits per heavy atom. The number of nitrogens with one attached hydrogen (secondary N) is 9. The fourth-order valence-electron chi connectivity index (χ4n) is 8.29. The Balaban J connectivity index is 1.70. The van der Waals surface area contributed by atoms with Crippen LogP contribution in [0.4, 0.5) is 30.6 Å². The van der Waals surface area contributed by atoms with Crippen LogP contribution in [0.5, 0.6) is 0 Å². The summed E-state index contributed by atoms with van der Waals surface area (Å²) in [5.41, 5.74) is 23.3. The van der Waals surface area contributed by atoms with Gasteiger partial charge >= 0.3 is 24.2 Å². The molecule has 17 N–H and O–H groups in total. The second kappa shape index (κ2) is 37.4. The number of hydrogen-bond donors (Lipinski definition) is 13. The fourth-order valence-corrected chi connectivity index (χ4v) is 8.29. The molecule has 0 bridgehead atoms. The van der Waals surface area contributed by atoms with E-state index in [1.165, 1.54) is 0 Å². The number of Topliss-reactive ketones (excluding diaryl/α,β-unsaturated/α-hetero) is 1. The molecule has 29 heteroatoms. The zero-order chi connectivity index (χ0) is 62.1. The molecule has 462 valence electrons. The third kappa shape index (κ3) is 26.9. The Labute approximate surface area is 487 Å². The van der Waals surface area contributed by atoms with Crippen LogP contribution in [-0.4, -0.2) is 165 Å². The van der Waals surface area contributed by atoms with Crippen LogP contribution in [-0.2, 0) is 61.0 Å². The first kappa shape index (κ1) is 69.6. The number of nitrogens with two attached hydrogens (primary N) is 4. The summed E-state index contributed by atoms with van der Waals surface area (Å²) in [6.45, 7) is 7.86. The van der Waals surface area contributed by atoms with Gasteiger partial charge in [-0.1, -0.05) is 52.0 Å². The maximum absolute atomic E-state index is 14.0. The second-order valence-corrected chi connectivity index (χ2v) is 20.3. The van der Waals surface area contributed by atoms with Crippen LogP contribution in [0.1, 0.15) is 83.8 Å². The average Bonchev–Trinajstić information content (AvgIpc) is 3.91. The highest BCUT2D eigenvalue weighted by molar-refractivity contribution is 6.12. The van der Waals surface area contributed by atoms with Gasteiger partial charge in [-0.05, 0) is 72.9 Å². The van der Waals surface area contributed by atoms with Crippen molar-refractivity contribution < 1.29 is 67.0 Å². The lowest BCUT2D eigenvalue weighted by molar-refractivity contribution is -0.137. The van der Waals surface area contributed by atoms with Gasteiger partial charge in [0.05, 0.1) is 6.04 Å². The highest BCUT2D eigenvalue weighted by Gasteiger charge is 2.32. The number of ketones is 1. The average molecular weight is 1180 g/mol. The maximum Gasteiger partial charge on any atom is 0.407 e. The summed E-state index contributed by atoms with van der Waals surface area (Å²) in [5.74, 6) is -6.27. The van der Waals surface area contributed by atoms with E-state index in [2.05, 4.69) is 47.9 Å². The Morgan fingerprint density at radius 1 is 0.548 bits per heavy atom. The van der Waals surface area contributed by atoms with Gasteiger partial charge in [0.25, 0.3) is 11.8 Å². The van der Waals surface area contributed by atoms with E-state index in [-0.39, 0.29) is 124 Å². The van der Waals surface area contributed by atoms with E-state index in [1.807, 2.05) is 0 Å². The minimum Gasteiger partial charge on any atom is -0.445 e. The largest absolute Gasteiger partial charge is 0.445 e. The van der Waals surface area contributed by atoms with Gasteiger partial charge in [0, 0.05) is 114 Å². The number of carbonyl (C=O) groups excluding carboxylic acids is 12. The molecule has 0 aliphatic carbocycles. The van der Waals surface area contributed by atoms with E-state index < -0.39 is 107 Å². The Hall–Kier alpha value is -8.70. The van der Waals surface area contributed by atoms with Crippen LogP contribution in [0.2, 0.25) is 0 Å². The smallest absolute Gasteiger partial charge is 0.407 e. The molecule has 29 nitrogen and oxygen atoms in total. The second-order valence-electron chi connectivity index (χ2n) is 20.3. The molecule has 1 aliphatic rings. The summed E-state index contributed by atoms with van der Waals surface area (Å²) in [7, 11) is 0. The zero-order valence-corrected chi connectivity index (χ0v) is 48.1. The molecule has 2 aromatic rings. The molecule has 0 aromatic heterocycles. The standard InChI is InChI=1S/C55H83N15O14/c1-34(2)47(42(71)31-38(7-5-23-60-52(58)79)49(76)64-39-13-9-36(10-14-39)32-83-54(81)62-25-21-56)67-43(72)19-27-69(29-30-70-45(74)17-18-46(70)75)28-20-44(73)68-48(35(3)4)51(78)66-41(8-6-24-61-53(59)80)50(77)65-40-15-11-37(12-16-40)33-84-55(82)63-26-22-57/h9-18,34-35,38,41,47-48H,5-8,19-33,56-57H2,1-4H3,(H,62,81)(H,63,82)(H,64,76)(H,65,77)(H,66,78)(H,67,72)(H,68,73)(H3,58,60,79)(H3,59,61,80)/t38-,41+,47+,48+/m1/s1. The van der Waals surface area contributed by atoms with Crippen molar-refractivity contribution in [2.45, 2.75) is 104 Å². The van der Waals surface area contributed by atoms with Crippen LogP contribution in [0, 0.1) is 17.8 Å². The number of alkyl carbamates (subject to hydrolysis) is 2. The highest BCUT2D eigenvalue weighted by Crippen LogP contribution is 2.20. The highest BCUT2D eigenvalue weighted by atomic mass is 16.6. The van der Waals surface area contributed by atoms with Crippen LogP contribution < -0.4 is 70.8 Å². The van der Waals surface area contributed by atoms with Crippen molar-refractivity contribution in [2.75, 3.05) is 76.1 Å². The third-order valence-corrected chi connectivity index (χ3v) is 12.9. The molecule has 0 radical (unpaired) electrons. The number of ether oxygens (including phenoxy) is 2. The van der Waals surface area contributed by atoms with Crippen LogP contribution in [0.25, 0.3) is 0 Å². The van der Waals surface area contributed by atoms with Crippen molar-refractivity contribution >= 4 is 82.8 Å². The van der Waals surface area contributed by atoms with E-state index in [1.54, 1.807) is 81.1 Å². The number of amides is 13. The molecule has 0 fully saturated rings. The number of primary amides is 2. The van der Waals surface area contributed by atoms with Gasteiger partial charge in [-0.25, -0.2) is 19.2 Å². The number of hydrogen-bond acceptors (Lipinski definition) is 17.